The highest BCUT2D eigenvalue weighted by Gasteiger charge is 2.30. The molecule has 0 bridgehead atoms. The van der Waals surface area contributed by atoms with E-state index in [1.807, 2.05) is 18.2 Å². The molecule has 1 atom stereocenters. The lowest BCUT2D eigenvalue weighted by Gasteiger charge is -2.40. The molecule has 2 aromatic rings. The smallest absolute Gasteiger partial charge is 0.189 e. The summed E-state index contributed by atoms with van der Waals surface area (Å²) in [7, 11) is 0. The molecular formula is C23H30N4O. The minimum absolute atomic E-state index is 0.0482. The third kappa shape index (κ3) is 3.99. The zero-order valence-corrected chi connectivity index (χ0v) is 16.8. The van der Waals surface area contributed by atoms with E-state index >= 15 is 0 Å². The number of para-hydroxylation sites is 1. The molecule has 0 saturated carbocycles. The second kappa shape index (κ2) is 7.84. The van der Waals surface area contributed by atoms with Crippen LogP contribution in [-0.2, 0) is 13.0 Å². The fraction of sp³-hybridized carbons (Fsp3) is 0.435. The van der Waals surface area contributed by atoms with Crippen LogP contribution >= 0.6 is 0 Å². The molecule has 5 nitrogen and oxygen atoms in total. The van der Waals surface area contributed by atoms with Gasteiger partial charge in [0.05, 0.1) is 19.2 Å². The van der Waals surface area contributed by atoms with Gasteiger partial charge in [0.15, 0.2) is 5.96 Å². The summed E-state index contributed by atoms with van der Waals surface area (Å²) in [5.74, 6) is 1.44. The van der Waals surface area contributed by atoms with Crippen LogP contribution in [0.4, 0.5) is 0 Å². The molecule has 28 heavy (non-hydrogen) atoms. The Balaban J connectivity index is 1.40. The zero-order valence-electron chi connectivity index (χ0n) is 16.8. The van der Waals surface area contributed by atoms with Gasteiger partial charge in [-0.25, -0.2) is 0 Å². The van der Waals surface area contributed by atoms with Crippen LogP contribution in [-0.4, -0.2) is 36.1 Å². The molecule has 0 spiro atoms. The summed E-state index contributed by atoms with van der Waals surface area (Å²) in [5, 5.41) is 3.40. The minimum Gasteiger partial charge on any atom is -0.493 e. The van der Waals surface area contributed by atoms with E-state index in [1.165, 1.54) is 11.1 Å². The summed E-state index contributed by atoms with van der Waals surface area (Å²) in [6, 6.07) is 17.0. The van der Waals surface area contributed by atoms with E-state index < -0.39 is 0 Å². The SMILES string of the molecule is CC(C)(CN=C(N)NC1CCOc2ccccc21)N1CCc2ccccc2C1. The average molecular weight is 379 g/mol. The Hall–Kier alpha value is -2.53. The highest BCUT2D eigenvalue weighted by atomic mass is 16.5. The molecule has 1 unspecified atom stereocenters. The van der Waals surface area contributed by atoms with Crippen LogP contribution in [0.25, 0.3) is 0 Å². The van der Waals surface area contributed by atoms with Gasteiger partial charge in [-0.15, -0.1) is 0 Å². The predicted octanol–water partition coefficient (Wildman–Crippen LogP) is 3.25. The van der Waals surface area contributed by atoms with Crippen LogP contribution in [0.2, 0.25) is 0 Å². The summed E-state index contributed by atoms with van der Waals surface area (Å²) in [5.41, 5.74) is 10.3. The molecule has 0 amide bonds. The molecule has 2 heterocycles. The number of hydrogen-bond donors (Lipinski definition) is 2. The van der Waals surface area contributed by atoms with Crippen LogP contribution in [0.15, 0.2) is 53.5 Å². The number of hydrogen-bond acceptors (Lipinski definition) is 3. The van der Waals surface area contributed by atoms with Gasteiger partial charge in [0.2, 0.25) is 0 Å². The van der Waals surface area contributed by atoms with Gasteiger partial charge in [-0.1, -0.05) is 42.5 Å². The van der Waals surface area contributed by atoms with Crippen molar-refractivity contribution in [3.05, 3.63) is 65.2 Å². The van der Waals surface area contributed by atoms with Crippen molar-refractivity contribution in [2.75, 3.05) is 19.7 Å². The van der Waals surface area contributed by atoms with E-state index in [4.69, 9.17) is 15.5 Å². The fourth-order valence-electron chi connectivity index (χ4n) is 4.11. The number of aliphatic imine (C=N–C) groups is 1. The number of fused-ring (bicyclic) bond motifs is 2. The number of nitrogens with two attached hydrogens (primary N) is 1. The van der Waals surface area contributed by atoms with Crippen LogP contribution in [0.5, 0.6) is 5.75 Å². The van der Waals surface area contributed by atoms with Crippen molar-refractivity contribution >= 4 is 5.96 Å². The number of nitrogens with zero attached hydrogens (tertiary/aromatic N) is 2. The molecule has 0 saturated heterocycles. The van der Waals surface area contributed by atoms with Gasteiger partial charge in [0, 0.05) is 30.6 Å². The van der Waals surface area contributed by atoms with Gasteiger partial charge < -0.3 is 15.8 Å². The highest BCUT2D eigenvalue weighted by Crippen LogP contribution is 2.31. The first kappa shape index (κ1) is 18.8. The van der Waals surface area contributed by atoms with Crippen LogP contribution < -0.4 is 15.8 Å². The Morgan fingerprint density at radius 2 is 1.93 bits per heavy atom. The largest absolute Gasteiger partial charge is 0.493 e. The number of nitrogens with one attached hydrogen (secondary N) is 1. The third-order valence-corrected chi connectivity index (χ3v) is 5.90. The van der Waals surface area contributed by atoms with E-state index in [2.05, 4.69) is 54.4 Å². The lowest BCUT2D eigenvalue weighted by Crippen LogP contribution is -2.49. The monoisotopic (exact) mass is 378 g/mol. The van der Waals surface area contributed by atoms with Gasteiger partial charge in [0.1, 0.15) is 5.75 Å². The second-order valence-electron chi connectivity index (χ2n) is 8.33. The molecular weight excluding hydrogens is 348 g/mol. The standard InChI is InChI=1S/C23H30N4O/c1-23(2,27-13-11-17-7-3-4-8-18(17)15-27)16-25-22(24)26-20-12-14-28-21-10-6-5-9-19(20)21/h3-10,20H,11-16H2,1-2H3,(H3,24,25,26). The normalized spacial score (nSPS) is 20.1. The maximum absolute atomic E-state index is 6.25. The first-order valence-electron chi connectivity index (χ1n) is 10.1. The molecule has 3 N–H and O–H groups in total. The Kier molecular flexibility index (Phi) is 5.27. The molecule has 2 aliphatic rings. The quantitative estimate of drug-likeness (QED) is 0.633. The van der Waals surface area contributed by atoms with E-state index in [9.17, 15) is 0 Å². The number of ether oxygens (including phenoxy) is 1. The lowest BCUT2D eigenvalue weighted by molar-refractivity contribution is 0.112. The topological polar surface area (TPSA) is 62.9 Å². The molecule has 0 aliphatic carbocycles. The van der Waals surface area contributed by atoms with Crippen molar-refractivity contribution in [2.24, 2.45) is 10.7 Å². The summed E-state index contributed by atoms with van der Waals surface area (Å²) >= 11 is 0. The van der Waals surface area contributed by atoms with Crippen molar-refractivity contribution in [1.29, 1.82) is 0 Å². The molecule has 0 fully saturated rings. The minimum atomic E-state index is -0.0482. The van der Waals surface area contributed by atoms with Crippen LogP contribution in [0, 0.1) is 0 Å². The molecule has 4 rings (SSSR count). The van der Waals surface area contributed by atoms with E-state index in [0.29, 0.717) is 19.1 Å². The van der Waals surface area contributed by atoms with Gasteiger partial charge in [-0.3, -0.25) is 9.89 Å². The van der Waals surface area contributed by atoms with Crippen molar-refractivity contribution in [2.45, 2.75) is 44.8 Å². The van der Waals surface area contributed by atoms with Crippen LogP contribution in [0.1, 0.15) is 43.0 Å². The van der Waals surface area contributed by atoms with Gasteiger partial charge >= 0.3 is 0 Å². The molecule has 0 aromatic heterocycles. The Morgan fingerprint density at radius 3 is 2.79 bits per heavy atom. The van der Waals surface area contributed by atoms with E-state index in [0.717, 1.165) is 37.2 Å². The molecule has 2 aliphatic heterocycles. The molecule has 2 aromatic carbocycles. The maximum atomic E-state index is 6.25. The predicted molar refractivity (Wildman–Crippen MR) is 114 cm³/mol. The molecule has 5 heteroatoms. The van der Waals surface area contributed by atoms with Crippen molar-refractivity contribution < 1.29 is 4.74 Å². The third-order valence-electron chi connectivity index (χ3n) is 5.90. The first-order chi connectivity index (χ1) is 13.5. The van der Waals surface area contributed by atoms with E-state index in [1.54, 1.807) is 0 Å². The summed E-state index contributed by atoms with van der Waals surface area (Å²) < 4.78 is 5.73. The van der Waals surface area contributed by atoms with Gasteiger partial charge in [0.25, 0.3) is 0 Å². The summed E-state index contributed by atoms with van der Waals surface area (Å²) in [6.45, 7) is 7.89. The molecule has 0 radical (unpaired) electrons. The van der Waals surface area contributed by atoms with Crippen molar-refractivity contribution in [1.82, 2.24) is 10.2 Å². The van der Waals surface area contributed by atoms with Crippen molar-refractivity contribution in [3.8, 4) is 5.75 Å². The number of guanidine groups is 1. The van der Waals surface area contributed by atoms with Gasteiger partial charge in [-0.2, -0.15) is 0 Å². The first-order valence-corrected chi connectivity index (χ1v) is 10.1. The Labute approximate surface area is 167 Å². The average Bonchev–Trinajstić information content (AvgIpc) is 2.72. The zero-order chi connectivity index (χ0) is 19.6. The number of rotatable bonds is 4. The van der Waals surface area contributed by atoms with Crippen LogP contribution in [0.3, 0.4) is 0 Å². The maximum Gasteiger partial charge on any atom is 0.189 e. The summed E-state index contributed by atoms with van der Waals surface area (Å²) in [4.78, 5) is 7.20. The Morgan fingerprint density at radius 1 is 1.18 bits per heavy atom. The second-order valence-corrected chi connectivity index (χ2v) is 8.33. The van der Waals surface area contributed by atoms with Crippen molar-refractivity contribution in [3.63, 3.8) is 0 Å². The summed E-state index contributed by atoms with van der Waals surface area (Å²) in [6.07, 6.45) is 1.98. The Bertz CT molecular complexity index is 861. The lowest BCUT2D eigenvalue weighted by atomic mass is 9.94. The number of benzene rings is 2. The molecule has 148 valence electrons. The fourth-order valence-corrected chi connectivity index (χ4v) is 4.11. The van der Waals surface area contributed by atoms with E-state index in [-0.39, 0.29) is 11.6 Å². The van der Waals surface area contributed by atoms with Gasteiger partial charge in [-0.05, 0) is 37.5 Å². The highest BCUT2D eigenvalue weighted by molar-refractivity contribution is 5.78.